The Hall–Kier alpha value is -7.22. The molecule has 0 spiro atoms. The Morgan fingerprint density at radius 2 is 0.737 bits per heavy atom. The third-order valence-corrected chi connectivity index (χ3v) is 16.5. The van der Waals surface area contributed by atoms with Crippen LogP contribution in [0.5, 0.6) is 46.0 Å². The van der Waals surface area contributed by atoms with Gasteiger partial charge < -0.3 is 163 Å². The Kier molecular flexibility index (Phi) is 21.4. The number of hydrogen-bond donors (Lipinski definition) is 21. The van der Waals surface area contributed by atoms with Gasteiger partial charge in [0.2, 0.25) is 34.9 Å². The third-order valence-electron chi connectivity index (χ3n) is 16.5. The maximum Gasteiger partial charge on any atom is 0.239 e. The van der Waals surface area contributed by atoms with E-state index in [0.29, 0.717) is 0 Å². The van der Waals surface area contributed by atoms with Crippen molar-refractivity contribution < 1.29 is 163 Å². The van der Waals surface area contributed by atoms with Gasteiger partial charge in [-0.3, -0.25) is 9.59 Å². The van der Waals surface area contributed by atoms with Gasteiger partial charge in [0, 0.05) is 35.4 Å². The lowest BCUT2D eigenvalue weighted by atomic mass is 9.97. The van der Waals surface area contributed by atoms with Crippen molar-refractivity contribution in [3.05, 3.63) is 93.2 Å². The van der Waals surface area contributed by atoms with Crippen molar-refractivity contribution >= 4 is 21.9 Å². The van der Waals surface area contributed by atoms with Crippen LogP contribution in [0, 0.1) is 0 Å². The molecule has 2 aromatic heterocycles. The number of phenols is 6. The quantitative estimate of drug-likeness (QED) is 0.0458. The summed E-state index contributed by atoms with van der Waals surface area (Å²) in [4.78, 5) is 27.6. The predicted octanol–water partition coefficient (Wildman–Crippen LogP) is -4.96. The van der Waals surface area contributed by atoms with E-state index in [1.807, 2.05) is 0 Å². The first-order valence-corrected chi connectivity index (χ1v) is 29.3. The molecule has 11 rings (SSSR count). The fourth-order valence-corrected chi connectivity index (χ4v) is 11.0. The number of aromatic hydroxyl groups is 6. The maximum absolute atomic E-state index is 14.0. The predicted molar refractivity (Wildman–Crippen MR) is 310 cm³/mol. The van der Waals surface area contributed by atoms with Crippen LogP contribution in [0.1, 0.15) is 13.8 Å². The highest BCUT2D eigenvalue weighted by atomic mass is 16.8. The van der Waals surface area contributed by atoms with Gasteiger partial charge in [-0.2, -0.15) is 0 Å². The van der Waals surface area contributed by atoms with Crippen molar-refractivity contribution in [1.82, 2.24) is 0 Å². The molecule has 520 valence electrons. The van der Waals surface area contributed by atoms with Gasteiger partial charge in [0.15, 0.2) is 36.5 Å². The summed E-state index contributed by atoms with van der Waals surface area (Å²) in [6.45, 7) is 0.727. The average Bonchev–Trinajstić information content (AvgIpc) is 0.762. The Morgan fingerprint density at radius 1 is 0.379 bits per heavy atom. The van der Waals surface area contributed by atoms with E-state index in [-0.39, 0.29) is 50.7 Å². The summed E-state index contributed by atoms with van der Waals surface area (Å²) in [5.74, 6) is -4.37. The lowest BCUT2D eigenvalue weighted by Gasteiger charge is -2.46. The minimum atomic E-state index is -2.06. The van der Waals surface area contributed by atoms with Crippen LogP contribution >= 0.6 is 0 Å². The number of aliphatic hydroxyl groups excluding tert-OH is 15. The molecule has 5 aliphatic rings. The van der Waals surface area contributed by atoms with Gasteiger partial charge in [0.25, 0.3) is 0 Å². The van der Waals surface area contributed by atoms with Crippen molar-refractivity contribution in [2.75, 3.05) is 19.8 Å². The van der Waals surface area contributed by atoms with Crippen molar-refractivity contribution in [3.8, 4) is 68.6 Å². The van der Waals surface area contributed by atoms with E-state index in [2.05, 4.69) is 0 Å². The second-order valence-corrected chi connectivity index (χ2v) is 23.1. The van der Waals surface area contributed by atoms with Gasteiger partial charge in [-0.15, -0.1) is 0 Å². The first kappa shape index (κ1) is 70.6. The molecule has 25 unspecified atom stereocenters. The lowest BCUT2D eigenvalue weighted by Crippen LogP contribution is -2.65. The molecule has 95 heavy (non-hydrogen) atoms. The lowest BCUT2D eigenvalue weighted by molar-refractivity contribution is -0.362. The van der Waals surface area contributed by atoms with Crippen LogP contribution in [0.15, 0.2) is 91.2 Å². The zero-order chi connectivity index (χ0) is 68.9. The fourth-order valence-electron chi connectivity index (χ4n) is 11.0. The van der Waals surface area contributed by atoms with E-state index in [4.69, 9.17) is 56.2 Å². The van der Waals surface area contributed by atoms with Crippen molar-refractivity contribution in [2.24, 2.45) is 0 Å². The highest BCUT2D eigenvalue weighted by Crippen LogP contribution is 2.41. The number of ether oxygens (including phenoxy) is 10. The van der Waals surface area contributed by atoms with Crippen molar-refractivity contribution in [1.29, 1.82) is 0 Å². The molecule has 4 aromatic carbocycles. The van der Waals surface area contributed by atoms with E-state index in [0.717, 1.165) is 24.3 Å². The molecule has 5 saturated heterocycles. The molecule has 0 saturated carbocycles. The van der Waals surface area contributed by atoms with Gasteiger partial charge in [-0.05, 0) is 62.4 Å². The minimum Gasteiger partial charge on any atom is -0.508 e. The summed E-state index contributed by atoms with van der Waals surface area (Å²) >= 11 is 0. The zero-order valence-corrected chi connectivity index (χ0v) is 49.6. The van der Waals surface area contributed by atoms with Crippen molar-refractivity contribution in [2.45, 2.75) is 167 Å². The number of rotatable bonds is 15. The summed E-state index contributed by atoms with van der Waals surface area (Å²) in [6.07, 6.45) is -41.9. The van der Waals surface area contributed by atoms with Crippen LogP contribution in [-0.4, -0.2) is 281 Å². The monoisotopic (exact) mass is 1350 g/mol. The molecule has 7 heterocycles. The smallest absolute Gasteiger partial charge is 0.239 e. The van der Waals surface area contributed by atoms with E-state index in [9.17, 15) is 117 Å². The van der Waals surface area contributed by atoms with E-state index < -0.39 is 224 Å². The maximum atomic E-state index is 14.0. The van der Waals surface area contributed by atoms with E-state index in [1.54, 1.807) is 0 Å². The third kappa shape index (κ3) is 14.3. The molecule has 35 nitrogen and oxygen atoms in total. The zero-order valence-electron chi connectivity index (χ0n) is 49.6. The van der Waals surface area contributed by atoms with Crippen LogP contribution < -0.4 is 20.3 Å². The molecular weight excluding hydrogens is 1280 g/mol. The van der Waals surface area contributed by atoms with Crippen LogP contribution in [0.3, 0.4) is 0 Å². The normalized spacial score (nSPS) is 35.9. The summed E-state index contributed by atoms with van der Waals surface area (Å²) < 4.78 is 68.0. The molecule has 0 aliphatic carbocycles. The van der Waals surface area contributed by atoms with Crippen LogP contribution in [0.25, 0.3) is 44.6 Å². The Morgan fingerprint density at radius 3 is 1.17 bits per heavy atom. The molecule has 25 atom stereocenters. The number of hydrogen-bond acceptors (Lipinski definition) is 35. The van der Waals surface area contributed by atoms with Crippen LogP contribution in [0.2, 0.25) is 0 Å². The molecular formula is C60H70O35. The van der Waals surface area contributed by atoms with Crippen molar-refractivity contribution in [3.63, 3.8) is 0 Å². The summed E-state index contributed by atoms with van der Waals surface area (Å²) in [6, 6.07) is 14.4. The Bertz CT molecular complexity index is 3740. The largest absolute Gasteiger partial charge is 0.508 e. The molecule has 21 N–H and O–H groups in total. The average molecular weight is 1350 g/mol. The number of fused-ring (bicyclic) bond motifs is 2. The summed E-state index contributed by atoms with van der Waals surface area (Å²) in [7, 11) is 0. The van der Waals surface area contributed by atoms with E-state index in [1.165, 1.54) is 62.4 Å². The van der Waals surface area contributed by atoms with Gasteiger partial charge >= 0.3 is 0 Å². The van der Waals surface area contributed by atoms with Crippen LogP contribution in [-0.2, 0) is 37.9 Å². The molecule has 35 heteroatoms. The Balaban J connectivity index is 0.000000213. The van der Waals surface area contributed by atoms with Gasteiger partial charge in [-0.25, -0.2) is 0 Å². The fraction of sp³-hybridized carbons (Fsp3) is 0.500. The summed E-state index contributed by atoms with van der Waals surface area (Å²) in [5.41, 5.74) is -2.19. The molecule has 0 bridgehead atoms. The SMILES string of the molecule is CC1OC(OCC2OC(Oc3c(-c4ccc(O)cc4)oc4cc(O)cc(O)c4c3=O)C(O)C(O)C2O)C(O)C(O)C1O.CC1OC(OCC2OC(Oc3c(-c4ccc(O)cc4)oc4cc(O)cc(O)c4c3=O)C(OC3OC(CO)C(O)C(O)C3O)C(O)C2O)C(O)C(O)C1O. The molecule has 0 amide bonds. The van der Waals surface area contributed by atoms with Crippen LogP contribution in [0.4, 0.5) is 0 Å². The van der Waals surface area contributed by atoms with Gasteiger partial charge in [0.05, 0.1) is 32.0 Å². The van der Waals surface area contributed by atoms with E-state index >= 15 is 0 Å². The molecule has 6 aromatic rings. The first-order valence-electron chi connectivity index (χ1n) is 29.3. The Labute approximate surface area is 533 Å². The minimum absolute atomic E-state index is 0.103. The summed E-state index contributed by atoms with van der Waals surface area (Å²) in [5, 5.41) is 216. The number of benzene rings is 4. The highest BCUT2D eigenvalue weighted by molar-refractivity contribution is 5.89. The first-order chi connectivity index (χ1) is 45.0. The van der Waals surface area contributed by atoms with Gasteiger partial charge in [-0.1, -0.05) is 0 Å². The molecule has 0 radical (unpaired) electrons. The second-order valence-electron chi connectivity index (χ2n) is 23.1. The molecule has 5 aliphatic heterocycles. The standard InChI is InChI=1S/C33H40O20.C27H30O15/c1-10-19(38)23(42)26(45)31(48-10)47-9-17-21(40)25(44)30(53-32-27(46)24(43)20(39)16(8-34)50-32)33(51-17)52-29-22(41)18-14(37)6-13(36)7-15(18)49-28(29)11-2-4-12(35)5-3-11;1-9-17(31)20(34)22(36)26(39-9)38-8-15-18(32)21(35)23(37)27(41-15)42-25-19(33)16-13(30)6-12(29)7-14(16)40-24(25)10-2-4-11(28)5-3-10/h2-7,10,16-17,19-21,23-27,30-40,42-46H,8-9H2,1H3;2-7,9,15,17-18,20-23,26-32,34-37H,8H2,1H3. The second kappa shape index (κ2) is 28.8. The number of phenolic OH excluding ortho intramolecular Hbond substituents is 6. The number of aliphatic hydroxyl groups is 15. The highest BCUT2D eigenvalue weighted by Gasteiger charge is 2.54. The van der Waals surface area contributed by atoms with Gasteiger partial charge in [0.1, 0.15) is 160 Å². The topological polar surface area (TPSA) is 578 Å². The molecule has 5 fully saturated rings.